The summed E-state index contributed by atoms with van der Waals surface area (Å²) < 4.78 is 28.3. The normalized spacial score (nSPS) is 38.5. The largest absolute Gasteiger partial charge is 0.508 e. The smallest absolute Gasteiger partial charge is 0.308 e. The number of fused-ring (bicyclic) bond motifs is 19. The van der Waals surface area contributed by atoms with Crippen molar-refractivity contribution in [3.63, 3.8) is 0 Å². The molecule has 0 bridgehead atoms. The molecular formula is C112H143NO19. The third-order valence-corrected chi connectivity index (χ3v) is 37.4. The fourth-order valence-corrected chi connectivity index (χ4v) is 30.3. The van der Waals surface area contributed by atoms with E-state index in [1.54, 1.807) is 78.9 Å². The predicted molar refractivity (Wildman–Crippen MR) is 507 cm³/mol. The van der Waals surface area contributed by atoms with Crippen molar-refractivity contribution in [2.24, 2.45) is 132 Å². The zero-order chi connectivity index (χ0) is 95.1. The van der Waals surface area contributed by atoms with E-state index in [0.29, 0.717) is 92.5 Å². The van der Waals surface area contributed by atoms with E-state index in [1.807, 2.05) is 32.1 Å². The molecular weight excluding hydrogens is 1660 g/mol. The van der Waals surface area contributed by atoms with Gasteiger partial charge in [0.05, 0.1) is 65.2 Å². The number of rotatable bonds is 11. The van der Waals surface area contributed by atoms with Crippen molar-refractivity contribution in [3.8, 4) is 40.2 Å². The first kappa shape index (κ1) is 97.3. The van der Waals surface area contributed by atoms with E-state index in [-0.39, 0.29) is 150 Å². The molecule has 0 aromatic heterocycles. The average molecular weight is 1810 g/mol. The Hall–Kier alpha value is -9.26. The Labute approximate surface area is 780 Å². The summed E-state index contributed by atoms with van der Waals surface area (Å²) in [5.74, 6) is 5.76. The summed E-state index contributed by atoms with van der Waals surface area (Å²) in [6.07, 6.45) is 39.6. The number of aliphatic hydroxyl groups excluding tert-OH is 2. The van der Waals surface area contributed by atoms with Crippen LogP contribution < -0.4 is 9.47 Å². The first-order valence-corrected chi connectivity index (χ1v) is 49.0. The minimum absolute atomic E-state index is 0.00662. The molecule has 132 heavy (non-hydrogen) atoms. The van der Waals surface area contributed by atoms with Gasteiger partial charge in [-0.25, -0.2) is 4.85 Å². The van der Waals surface area contributed by atoms with Crippen molar-refractivity contribution in [2.45, 2.75) is 268 Å². The van der Waals surface area contributed by atoms with Gasteiger partial charge in [0, 0.05) is 64.7 Å². The second kappa shape index (κ2) is 37.1. The third-order valence-electron chi connectivity index (χ3n) is 37.4. The van der Waals surface area contributed by atoms with Gasteiger partial charge in [0.15, 0.2) is 51.9 Å². The van der Waals surface area contributed by atoms with E-state index < -0.39 is 16.6 Å². The van der Waals surface area contributed by atoms with Gasteiger partial charge in [0.2, 0.25) is 5.70 Å². The quantitative estimate of drug-likeness (QED) is 0.0183. The predicted octanol–water partition coefficient (Wildman–Crippen LogP) is 21.5. The van der Waals surface area contributed by atoms with Gasteiger partial charge in [-0.2, -0.15) is 0 Å². The summed E-state index contributed by atoms with van der Waals surface area (Å²) in [5, 5.41) is 67.1. The Kier molecular flexibility index (Phi) is 27.3. The number of phenols is 5. The Morgan fingerprint density at radius 1 is 0.576 bits per heavy atom. The third kappa shape index (κ3) is 17.6. The number of methoxy groups -OCH3 is 3. The van der Waals surface area contributed by atoms with Crippen molar-refractivity contribution >= 4 is 65.0 Å². The van der Waals surface area contributed by atoms with Crippen LogP contribution in [0.4, 0.5) is 0 Å². The average Bonchev–Trinajstić information content (AvgIpc) is 1.12. The van der Waals surface area contributed by atoms with E-state index >= 15 is 0 Å². The number of Topliss-reactive ketones (excluding diaryl/α,β-unsaturated/α-hetero) is 3. The van der Waals surface area contributed by atoms with E-state index in [2.05, 4.69) is 80.2 Å². The van der Waals surface area contributed by atoms with Gasteiger partial charge in [-0.15, -0.1) is 0 Å². The highest BCUT2D eigenvalue weighted by atomic mass is 16.7. The monoisotopic (exact) mass is 1810 g/mol. The van der Waals surface area contributed by atoms with E-state index in [4.69, 9.17) is 35.4 Å². The Morgan fingerprint density at radius 3 is 1.83 bits per heavy atom. The van der Waals surface area contributed by atoms with Gasteiger partial charge in [-0.1, -0.05) is 155 Å². The molecule has 12 fully saturated rings. The van der Waals surface area contributed by atoms with Crippen LogP contribution in [0.25, 0.3) is 29.1 Å². The molecule has 1 spiro atoms. The second-order valence-corrected chi connectivity index (χ2v) is 45.1. The van der Waals surface area contributed by atoms with Crippen LogP contribution in [0.3, 0.4) is 0 Å². The molecule has 15 aliphatic rings. The summed E-state index contributed by atoms with van der Waals surface area (Å²) in [7, 11) is 4.35. The molecule has 4 aromatic rings. The molecule has 7 N–H and O–H groups in total. The molecule has 2 aliphatic heterocycles. The summed E-state index contributed by atoms with van der Waals surface area (Å²) in [5.41, 5.74) is 4.44. The highest BCUT2D eigenvalue weighted by molar-refractivity contribution is 6.11. The van der Waals surface area contributed by atoms with Crippen molar-refractivity contribution in [3.05, 3.63) is 160 Å². The number of hydrogen-bond acceptors (Lipinski definition) is 19. The lowest BCUT2D eigenvalue weighted by atomic mass is 9.35. The van der Waals surface area contributed by atoms with Gasteiger partial charge in [-0.3, -0.25) is 28.8 Å². The number of aromatic hydroxyl groups is 5. The summed E-state index contributed by atoms with van der Waals surface area (Å²) in [6, 6.07) is 20.5. The van der Waals surface area contributed by atoms with Crippen LogP contribution in [-0.4, -0.2) is 128 Å². The van der Waals surface area contributed by atoms with Gasteiger partial charge < -0.3 is 64.2 Å². The molecule has 4 aromatic carbocycles. The van der Waals surface area contributed by atoms with Crippen LogP contribution in [-0.2, 0) is 47.8 Å². The number of carbonyl (C=O) groups is 7. The van der Waals surface area contributed by atoms with E-state index in [1.165, 1.54) is 82.9 Å². The Bertz CT molecular complexity index is 5250. The first-order chi connectivity index (χ1) is 62.4. The number of allylic oxidation sites excluding steroid dienone is 7. The molecule has 20 nitrogen and oxygen atoms in total. The molecule has 7 unspecified atom stereocenters. The topological polar surface area (TPSA) is 312 Å². The zero-order valence-electron chi connectivity index (χ0n) is 80.4. The van der Waals surface area contributed by atoms with Crippen LogP contribution in [0, 0.1) is 138 Å². The maximum Gasteiger partial charge on any atom is 0.308 e. The van der Waals surface area contributed by atoms with Crippen LogP contribution in [0.2, 0.25) is 0 Å². The number of esters is 1. The van der Waals surface area contributed by atoms with Gasteiger partial charge in [0.1, 0.15) is 28.8 Å². The van der Waals surface area contributed by atoms with Gasteiger partial charge in [-0.05, 0) is 310 Å². The molecule has 2 saturated heterocycles. The number of ether oxygens (including phenoxy) is 5. The van der Waals surface area contributed by atoms with Crippen LogP contribution in [0.15, 0.2) is 126 Å². The molecule has 0 radical (unpaired) electrons. The molecule has 0 amide bonds. The highest BCUT2D eigenvalue weighted by Gasteiger charge is 2.73. The maximum atomic E-state index is 14.3. The highest BCUT2D eigenvalue weighted by Crippen LogP contribution is 2.75. The number of ketones is 6. The summed E-state index contributed by atoms with van der Waals surface area (Å²) in [6.45, 7) is 35.5. The fourth-order valence-electron chi connectivity index (χ4n) is 30.3. The van der Waals surface area contributed by atoms with Crippen LogP contribution in [0.1, 0.15) is 266 Å². The van der Waals surface area contributed by atoms with E-state index in [9.17, 15) is 64.2 Å². The van der Waals surface area contributed by atoms with Crippen molar-refractivity contribution in [1.82, 2.24) is 0 Å². The van der Waals surface area contributed by atoms with Crippen LogP contribution in [0.5, 0.6) is 40.2 Å². The van der Waals surface area contributed by atoms with Crippen LogP contribution >= 0.6 is 0 Å². The molecule has 13 aliphatic carbocycles. The molecule has 2 heterocycles. The lowest BCUT2D eigenvalue weighted by Crippen LogP contribution is -2.64. The number of hydrogen-bond donors (Lipinski definition) is 7. The Morgan fingerprint density at radius 2 is 1.20 bits per heavy atom. The molecule has 10 saturated carbocycles. The number of aliphatic hydroxyl groups is 2. The van der Waals surface area contributed by atoms with Gasteiger partial charge >= 0.3 is 5.97 Å². The first-order valence-electron chi connectivity index (χ1n) is 49.0. The molecule has 19 rings (SSSR count). The number of phenolic OH excluding ortho intramolecular Hbond substituents is 5. The Balaban J connectivity index is 0.000000129. The molecule has 20 heteroatoms. The van der Waals surface area contributed by atoms with Gasteiger partial charge in [0.25, 0.3) is 0 Å². The molecule has 25 atom stereocenters. The number of carbonyl (C=O) groups excluding carboxylic acids is 7. The van der Waals surface area contributed by atoms with Crippen molar-refractivity contribution in [2.75, 3.05) is 27.9 Å². The lowest BCUT2D eigenvalue weighted by molar-refractivity contribution is -0.264. The van der Waals surface area contributed by atoms with E-state index in [0.717, 1.165) is 152 Å². The minimum atomic E-state index is -0.648. The SMILES string of the molecule is COc1cc(/C=C/C(=O)CC(=O)/C=C/c2ccc(O)c(OC)c2)ccc1O.C[C@H]1C2C(CC3C4CCC5C[C@@H](O)CC[C@]5(C)C4CC(=O)[C@@]32C)O[C@]12CCCCO2.C[C@]12CC[C@H](O)CC1=CC[C@@H]1[C@@H]2CC[C@]2(C)C(=O)CC[C@@H]12.Oc1ccc(/C=C/c2cc(O)cc(O)c2)cc1.[C-]#[N+]C1=C[C@]2(C)C3=CC(=O)[C@@H]4[C@@H]5CC(C)(C)C[C@@H](C(=O)OC)C5CC[C@@]4(C)[C@]3(C)CC[C@H]2C(C)(C)C1=O. The molecule has 710 valence electrons. The second-order valence-electron chi connectivity index (χ2n) is 45.1. The standard InChI is InChI=1S/C32H43NO4.C26H40O4.C21H20O6.C19H28O2.C14H12O3/c1-28(2)15-19-18(20(16-28)27(36)37-9)10-12-32(7)25(19)22(34)14-24-30(5)17-21(33-8)26(35)29(3,4)23(30)11-13-31(24,32)6;1-15-23-21(30-26(15)9-4-5-11-29-26)13-20-18-7-6-16-12-17(27)8-10-24(16,2)19(18)14-22(28)25(20,23)3;1-26-20-11-14(5-9-18(20)24)3-7-16(22)13-17(23)8-4-15-6-10-19(25)21(12-15)27-2;1-18-9-7-13(20)11-12(18)3-4-14-15-5-6-17(21)19(15,2)10-8-16(14)18;15-12-5-3-10(4-6-12)1-2-11-7-13(16)9-14(17)8-11/h14,17-20,23,25H,10-13,15-16H2,1-7,9H3;15-21,23,27H,4-14H2,1-3H3;3-12,24-25H,13H2,1-2H3;3,13-16,20H,4-11H2,1-2H3;1-9,15-17H/b;;7-3+,8-4+;;2-1+/t18?,19-,20-,23+,25+,30+,31-,32-;15-,16?,17-,18?,19?,20?,21?,23?,24-,25+,26+;;13-,14-,15-,16-,18-,19-;/m10.0./s1. The number of benzene rings is 4. The zero-order valence-corrected chi connectivity index (χ0v) is 80.4. The fraction of sp³-hybridized carbons (Fsp3) is 0.607. The summed E-state index contributed by atoms with van der Waals surface area (Å²) >= 11 is 0. The maximum absolute atomic E-state index is 14.3. The minimum Gasteiger partial charge on any atom is -0.508 e. The van der Waals surface area contributed by atoms with Crippen molar-refractivity contribution < 1.29 is 93.0 Å². The lowest BCUT2D eigenvalue weighted by Gasteiger charge is -2.68. The summed E-state index contributed by atoms with van der Waals surface area (Å²) in [4.78, 5) is 94.2. The van der Waals surface area contributed by atoms with Crippen molar-refractivity contribution in [1.29, 1.82) is 0 Å². The number of nitrogens with zero attached hydrogens (tertiary/aromatic N) is 1.